The molecular weight excluding hydrogens is 240 g/mol. The molecule has 2 aromatic carbocycles. The predicted molar refractivity (Wildman–Crippen MR) is 72.4 cm³/mol. The summed E-state index contributed by atoms with van der Waals surface area (Å²) in [5.74, 6) is -1.76. The summed E-state index contributed by atoms with van der Waals surface area (Å²) in [6.07, 6.45) is 0. The minimum Gasteiger partial charge on any atom is -0.369 e. The van der Waals surface area contributed by atoms with Crippen molar-refractivity contribution in [2.24, 2.45) is 11.5 Å². The molecule has 4 N–H and O–H groups in total. The van der Waals surface area contributed by atoms with E-state index < -0.39 is 17.7 Å². The molecule has 4 heteroatoms. The molecule has 96 valence electrons. The van der Waals surface area contributed by atoms with Crippen molar-refractivity contribution in [2.75, 3.05) is 0 Å². The number of hydrogen-bond acceptors (Lipinski definition) is 2. The van der Waals surface area contributed by atoms with Gasteiger partial charge in [0.05, 0.1) is 5.92 Å². The van der Waals surface area contributed by atoms with Crippen molar-refractivity contribution in [3.63, 3.8) is 0 Å². The molecule has 4 nitrogen and oxygen atoms in total. The zero-order chi connectivity index (χ0) is 13.8. The highest BCUT2D eigenvalue weighted by Gasteiger charge is 2.24. The molecule has 0 radical (unpaired) electrons. The lowest BCUT2D eigenvalue weighted by Gasteiger charge is -2.16. The van der Waals surface area contributed by atoms with Crippen LogP contribution in [0.5, 0.6) is 0 Å². The largest absolute Gasteiger partial charge is 0.369 e. The molecule has 0 heterocycles. The third kappa shape index (κ3) is 2.63. The van der Waals surface area contributed by atoms with E-state index in [1.165, 1.54) is 0 Å². The second-order valence-corrected chi connectivity index (χ2v) is 4.20. The third-order valence-corrected chi connectivity index (χ3v) is 2.95. The summed E-state index contributed by atoms with van der Waals surface area (Å²) in [7, 11) is 0. The van der Waals surface area contributed by atoms with Crippen molar-refractivity contribution in [1.29, 1.82) is 0 Å². The van der Waals surface area contributed by atoms with Gasteiger partial charge in [-0.2, -0.15) is 0 Å². The quantitative estimate of drug-likeness (QED) is 0.864. The average Bonchev–Trinajstić information content (AvgIpc) is 2.40. The summed E-state index contributed by atoms with van der Waals surface area (Å²) in [4.78, 5) is 23.2. The van der Waals surface area contributed by atoms with E-state index in [4.69, 9.17) is 11.5 Å². The van der Waals surface area contributed by atoms with Gasteiger partial charge in [0.15, 0.2) is 0 Å². The Morgan fingerprint density at radius 3 is 2.00 bits per heavy atom. The first-order valence-electron chi connectivity index (χ1n) is 5.84. The number of nitrogens with two attached hydrogens (primary N) is 2. The van der Waals surface area contributed by atoms with Gasteiger partial charge in [0, 0.05) is 5.56 Å². The Kier molecular flexibility index (Phi) is 3.61. The SMILES string of the molecule is NC(=O)c1ccccc1[C@H](C(N)=O)c1ccccc1. The van der Waals surface area contributed by atoms with Crippen LogP contribution >= 0.6 is 0 Å². The van der Waals surface area contributed by atoms with Crippen LogP contribution in [0.2, 0.25) is 0 Å². The van der Waals surface area contributed by atoms with Crippen molar-refractivity contribution in [3.8, 4) is 0 Å². The number of amides is 2. The first-order chi connectivity index (χ1) is 9.11. The maximum atomic E-state index is 11.7. The molecule has 2 aromatic rings. The lowest BCUT2D eigenvalue weighted by atomic mass is 9.87. The van der Waals surface area contributed by atoms with Gasteiger partial charge in [-0.3, -0.25) is 9.59 Å². The van der Waals surface area contributed by atoms with Gasteiger partial charge in [-0.1, -0.05) is 48.5 Å². The Morgan fingerprint density at radius 2 is 1.42 bits per heavy atom. The van der Waals surface area contributed by atoms with Gasteiger partial charge < -0.3 is 11.5 Å². The van der Waals surface area contributed by atoms with Crippen molar-refractivity contribution < 1.29 is 9.59 Å². The smallest absolute Gasteiger partial charge is 0.249 e. The summed E-state index contributed by atoms with van der Waals surface area (Å²) in [6, 6.07) is 15.8. The lowest BCUT2D eigenvalue weighted by Crippen LogP contribution is -2.25. The molecular formula is C15H14N2O2. The highest BCUT2D eigenvalue weighted by atomic mass is 16.1. The van der Waals surface area contributed by atoms with E-state index >= 15 is 0 Å². The van der Waals surface area contributed by atoms with Gasteiger partial charge >= 0.3 is 0 Å². The predicted octanol–water partition coefficient (Wildman–Crippen LogP) is 1.40. The Balaban J connectivity index is 2.59. The zero-order valence-corrected chi connectivity index (χ0v) is 10.2. The van der Waals surface area contributed by atoms with E-state index in [1.54, 1.807) is 36.4 Å². The van der Waals surface area contributed by atoms with E-state index in [0.29, 0.717) is 11.1 Å². The molecule has 0 saturated heterocycles. The maximum absolute atomic E-state index is 11.7. The monoisotopic (exact) mass is 254 g/mol. The van der Waals surface area contributed by atoms with Gasteiger partial charge in [-0.25, -0.2) is 0 Å². The van der Waals surface area contributed by atoms with E-state index in [9.17, 15) is 9.59 Å². The molecule has 0 saturated carbocycles. The number of hydrogen-bond donors (Lipinski definition) is 2. The molecule has 0 aromatic heterocycles. The molecule has 0 unspecified atom stereocenters. The van der Waals surface area contributed by atoms with Gasteiger partial charge in [0.25, 0.3) is 0 Å². The van der Waals surface area contributed by atoms with Gasteiger partial charge in [-0.05, 0) is 17.2 Å². The summed E-state index contributed by atoms with van der Waals surface area (Å²) < 4.78 is 0. The standard InChI is InChI=1S/C15H14N2O2/c16-14(18)12-9-5-4-8-11(12)13(15(17)19)10-6-2-1-3-7-10/h1-9,13H,(H2,16,18)(H2,17,19)/t13-/m1/s1. The normalized spacial score (nSPS) is 11.8. The molecule has 0 bridgehead atoms. The van der Waals surface area contributed by atoms with Crippen LogP contribution in [0.4, 0.5) is 0 Å². The van der Waals surface area contributed by atoms with Crippen molar-refractivity contribution >= 4 is 11.8 Å². The molecule has 1 atom stereocenters. The third-order valence-electron chi connectivity index (χ3n) is 2.95. The molecule has 0 fully saturated rings. The van der Waals surface area contributed by atoms with Crippen molar-refractivity contribution in [1.82, 2.24) is 0 Å². The number of primary amides is 2. The average molecular weight is 254 g/mol. The highest BCUT2D eigenvalue weighted by molar-refractivity contribution is 5.97. The number of carbonyl (C=O) groups is 2. The van der Waals surface area contributed by atoms with Crippen LogP contribution in [0.15, 0.2) is 54.6 Å². The number of rotatable bonds is 4. The van der Waals surface area contributed by atoms with E-state index in [0.717, 1.165) is 5.56 Å². The minimum absolute atomic E-state index is 0.315. The van der Waals surface area contributed by atoms with Crippen LogP contribution in [-0.2, 0) is 4.79 Å². The topological polar surface area (TPSA) is 86.2 Å². The van der Waals surface area contributed by atoms with E-state index in [-0.39, 0.29) is 0 Å². The van der Waals surface area contributed by atoms with Crippen LogP contribution in [-0.4, -0.2) is 11.8 Å². The molecule has 0 aliphatic carbocycles. The Labute approximate surface area is 111 Å². The first kappa shape index (κ1) is 12.8. The van der Waals surface area contributed by atoms with Crippen molar-refractivity contribution in [2.45, 2.75) is 5.92 Å². The maximum Gasteiger partial charge on any atom is 0.249 e. The van der Waals surface area contributed by atoms with Crippen LogP contribution in [0, 0.1) is 0 Å². The van der Waals surface area contributed by atoms with Crippen LogP contribution in [0.1, 0.15) is 27.4 Å². The van der Waals surface area contributed by atoms with Gasteiger partial charge in [0.2, 0.25) is 11.8 Å². The lowest BCUT2D eigenvalue weighted by molar-refractivity contribution is -0.118. The van der Waals surface area contributed by atoms with E-state index in [1.807, 2.05) is 18.2 Å². The first-order valence-corrected chi connectivity index (χ1v) is 5.84. The fourth-order valence-corrected chi connectivity index (χ4v) is 2.12. The fourth-order valence-electron chi connectivity index (χ4n) is 2.12. The zero-order valence-electron chi connectivity index (χ0n) is 10.2. The second kappa shape index (κ2) is 5.35. The molecule has 0 spiro atoms. The fraction of sp³-hybridized carbons (Fsp3) is 0.0667. The molecule has 2 amide bonds. The number of benzene rings is 2. The minimum atomic E-state index is -0.676. The van der Waals surface area contributed by atoms with Crippen LogP contribution in [0.3, 0.4) is 0 Å². The van der Waals surface area contributed by atoms with Crippen molar-refractivity contribution in [3.05, 3.63) is 71.3 Å². The summed E-state index contributed by atoms with van der Waals surface area (Å²) in [6.45, 7) is 0. The highest BCUT2D eigenvalue weighted by Crippen LogP contribution is 2.26. The molecule has 0 aliphatic heterocycles. The van der Waals surface area contributed by atoms with Gasteiger partial charge in [0.1, 0.15) is 0 Å². The van der Waals surface area contributed by atoms with Crippen LogP contribution in [0.25, 0.3) is 0 Å². The second-order valence-electron chi connectivity index (χ2n) is 4.20. The van der Waals surface area contributed by atoms with Gasteiger partial charge in [-0.15, -0.1) is 0 Å². The van der Waals surface area contributed by atoms with Crippen LogP contribution < -0.4 is 11.5 Å². The molecule has 19 heavy (non-hydrogen) atoms. The molecule has 2 rings (SSSR count). The van der Waals surface area contributed by atoms with E-state index in [2.05, 4.69) is 0 Å². The number of carbonyl (C=O) groups excluding carboxylic acids is 2. The molecule has 0 aliphatic rings. The Morgan fingerprint density at radius 1 is 0.842 bits per heavy atom. The summed E-state index contributed by atoms with van der Waals surface area (Å²) >= 11 is 0. The Hall–Kier alpha value is -2.62. The summed E-state index contributed by atoms with van der Waals surface area (Å²) in [5.41, 5.74) is 12.4. The Bertz CT molecular complexity index is 609. The summed E-state index contributed by atoms with van der Waals surface area (Å²) in [5, 5.41) is 0.